The highest BCUT2D eigenvalue weighted by atomic mass is 14.2. The van der Waals surface area contributed by atoms with E-state index in [1.54, 1.807) is 0 Å². The average molecular weight is 380 g/mol. The lowest BCUT2D eigenvalue weighted by Crippen LogP contribution is -1.91. The lowest BCUT2D eigenvalue weighted by Gasteiger charge is -2.18. The first-order chi connectivity index (χ1) is 14.9. The molecular weight excluding hydrogens is 360 g/mol. The Balaban J connectivity index is 1.92. The van der Waals surface area contributed by atoms with E-state index in [4.69, 9.17) is 0 Å². The van der Waals surface area contributed by atoms with Gasteiger partial charge < -0.3 is 0 Å². The van der Waals surface area contributed by atoms with Crippen LogP contribution in [0.5, 0.6) is 0 Å². The average Bonchev–Trinajstić information content (AvgIpc) is 2.82. The van der Waals surface area contributed by atoms with Crippen molar-refractivity contribution >= 4 is 32.3 Å². The second-order valence-electron chi connectivity index (χ2n) is 7.78. The van der Waals surface area contributed by atoms with Gasteiger partial charge in [0.05, 0.1) is 0 Å². The topological polar surface area (TPSA) is 0 Å². The van der Waals surface area contributed by atoms with E-state index in [2.05, 4.69) is 121 Å². The van der Waals surface area contributed by atoms with Crippen LogP contribution in [0.3, 0.4) is 0 Å². The Morgan fingerprint density at radius 1 is 0.333 bits per heavy atom. The molecule has 6 aromatic carbocycles. The van der Waals surface area contributed by atoms with E-state index in [0.717, 1.165) is 0 Å². The van der Waals surface area contributed by atoms with Crippen molar-refractivity contribution in [3.05, 3.63) is 121 Å². The molecule has 0 heteroatoms. The van der Waals surface area contributed by atoms with Crippen molar-refractivity contribution in [3.63, 3.8) is 0 Å². The monoisotopic (exact) mass is 380 g/mol. The zero-order chi connectivity index (χ0) is 19.9. The molecule has 0 fully saturated rings. The van der Waals surface area contributed by atoms with Crippen LogP contribution in [0.15, 0.2) is 121 Å². The van der Waals surface area contributed by atoms with E-state index >= 15 is 0 Å². The summed E-state index contributed by atoms with van der Waals surface area (Å²) in [5, 5.41) is 7.75. The second-order valence-corrected chi connectivity index (χ2v) is 7.78. The first kappa shape index (κ1) is 17.0. The standard InChI is InChI=1S/C30H20/c1-3-11-21(12-4-1)28-26-17-9-7-15-23(26)19-25-20-24-16-8-10-18-27(24)29(30(25)28)22-13-5-2-6-14-22/h1-20H. The third-order valence-electron chi connectivity index (χ3n) is 6.00. The van der Waals surface area contributed by atoms with Gasteiger partial charge in [-0.3, -0.25) is 0 Å². The van der Waals surface area contributed by atoms with E-state index < -0.39 is 0 Å². The molecule has 0 heterocycles. The van der Waals surface area contributed by atoms with E-state index in [0.29, 0.717) is 0 Å². The van der Waals surface area contributed by atoms with Gasteiger partial charge in [-0.25, -0.2) is 0 Å². The van der Waals surface area contributed by atoms with Gasteiger partial charge in [0, 0.05) is 0 Å². The first-order valence-electron chi connectivity index (χ1n) is 10.4. The molecule has 0 atom stereocenters. The zero-order valence-corrected chi connectivity index (χ0v) is 16.5. The number of benzene rings is 6. The molecule has 0 radical (unpaired) electrons. The number of hydrogen-bond donors (Lipinski definition) is 0. The molecule has 140 valence electrons. The Morgan fingerprint density at radius 2 is 0.733 bits per heavy atom. The normalized spacial score (nSPS) is 11.3. The molecule has 0 saturated heterocycles. The molecule has 6 rings (SSSR count). The fourth-order valence-corrected chi connectivity index (χ4v) is 4.71. The number of hydrogen-bond acceptors (Lipinski definition) is 0. The minimum Gasteiger partial charge on any atom is -0.0622 e. The molecule has 0 saturated carbocycles. The second kappa shape index (κ2) is 6.86. The van der Waals surface area contributed by atoms with Crippen LogP contribution in [0.4, 0.5) is 0 Å². The maximum Gasteiger partial charge on any atom is -0.00139 e. The van der Waals surface area contributed by atoms with E-state index in [-0.39, 0.29) is 0 Å². The van der Waals surface area contributed by atoms with Crippen molar-refractivity contribution in [3.8, 4) is 22.3 Å². The van der Waals surface area contributed by atoms with Crippen molar-refractivity contribution in [1.29, 1.82) is 0 Å². The molecule has 0 bridgehead atoms. The summed E-state index contributed by atoms with van der Waals surface area (Å²) >= 11 is 0. The van der Waals surface area contributed by atoms with Crippen LogP contribution >= 0.6 is 0 Å². The van der Waals surface area contributed by atoms with Crippen LogP contribution in [0.25, 0.3) is 54.6 Å². The fourth-order valence-electron chi connectivity index (χ4n) is 4.71. The molecule has 0 aliphatic carbocycles. The smallest absolute Gasteiger partial charge is 0.00139 e. The number of fused-ring (bicyclic) bond motifs is 3. The van der Waals surface area contributed by atoms with Crippen molar-refractivity contribution in [2.45, 2.75) is 0 Å². The highest BCUT2D eigenvalue weighted by Crippen LogP contribution is 2.44. The van der Waals surface area contributed by atoms with Gasteiger partial charge in [-0.2, -0.15) is 0 Å². The minimum absolute atomic E-state index is 1.26. The predicted molar refractivity (Wildman–Crippen MR) is 130 cm³/mol. The summed E-state index contributed by atoms with van der Waals surface area (Å²) < 4.78 is 0. The van der Waals surface area contributed by atoms with Gasteiger partial charge >= 0.3 is 0 Å². The van der Waals surface area contributed by atoms with Crippen LogP contribution in [0.2, 0.25) is 0 Å². The quantitative estimate of drug-likeness (QED) is 0.264. The third kappa shape index (κ3) is 2.62. The Kier molecular flexibility index (Phi) is 3.89. The molecule has 0 aliphatic rings. The first-order valence-corrected chi connectivity index (χ1v) is 10.4. The SMILES string of the molecule is c1ccc(-c2c3ccccc3cc3cc4ccccc4c(-c4ccccc4)c23)cc1. The molecule has 6 aromatic rings. The van der Waals surface area contributed by atoms with E-state index in [9.17, 15) is 0 Å². The van der Waals surface area contributed by atoms with Crippen molar-refractivity contribution < 1.29 is 0 Å². The molecule has 0 spiro atoms. The van der Waals surface area contributed by atoms with Crippen LogP contribution in [0, 0.1) is 0 Å². The minimum atomic E-state index is 1.26. The van der Waals surface area contributed by atoms with Gasteiger partial charge in [0.25, 0.3) is 0 Å². The summed E-state index contributed by atoms with van der Waals surface area (Å²) in [5.74, 6) is 0. The summed E-state index contributed by atoms with van der Waals surface area (Å²) in [7, 11) is 0. The Morgan fingerprint density at radius 3 is 1.20 bits per heavy atom. The Labute approximate surface area is 176 Å². The summed E-state index contributed by atoms with van der Waals surface area (Å²) in [4.78, 5) is 0. The van der Waals surface area contributed by atoms with Gasteiger partial charge in [0.1, 0.15) is 0 Å². The van der Waals surface area contributed by atoms with E-state index in [1.807, 2.05) is 0 Å². The molecule has 30 heavy (non-hydrogen) atoms. The Bertz CT molecular complexity index is 1400. The molecule has 0 unspecified atom stereocenters. The molecular formula is C30H20. The predicted octanol–water partition coefficient (Wildman–Crippen LogP) is 8.48. The van der Waals surface area contributed by atoms with E-state index in [1.165, 1.54) is 54.6 Å². The molecule has 0 aromatic heterocycles. The van der Waals surface area contributed by atoms with Crippen molar-refractivity contribution in [1.82, 2.24) is 0 Å². The van der Waals surface area contributed by atoms with Crippen LogP contribution in [-0.2, 0) is 0 Å². The van der Waals surface area contributed by atoms with Gasteiger partial charge in [0.15, 0.2) is 0 Å². The molecule has 0 amide bonds. The van der Waals surface area contributed by atoms with Crippen LogP contribution in [0.1, 0.15) is 0 Å². The fraction of sp³-hybridized carbons (Fsp3) is 0. The summed E-state index contributed by atoms with van der Waals surface area (Å²) in [6.07, 6.45) is 0. The van der Waals surface area contributed by atoms with Crippen LogP contribution in [-0.4, -0.2) is 0 Å². The highest BCUT2D eigenvalue weighted by Gasteiger charge is 2.17. The molecule has 0 nitrogen and oxygen atoms in total. The Hall–Kier alpha value is -3.90. The lowest BCUT2D eigenvalue weighted by molar-refractivity contribution is 1.66. The number of rotatable bonds is 2. The summed E-state index contributed by atoms with van der Waals surface area (Å²) in [6, 6.07) is 43.8. The van der Waals surface area contributed by atoms with Crippen molar-refractivity contribution in [2.75, 3.05) is 0 Å². The van der Waals surface area contributed by atoms with Gasteiger partial charge in [0.2, 0.25) is 0 Å². The van der Waals surface area contributed by atoms with Gasteiger partial charge in [-0.15, -0.1) is 0 Å². The zero-order valence-electron chi connectivity index (χ0n) is 16.5. The summed E-state index contributed by atoms with van der Waals surface area (Å²) in [6.45, 7) is 0. The molecule has 0 N–H and O–H groups in total. The largest absolute Gasteiger partial charge is 0.0622 e. The summed E-state index contributed by atoms with van der Waals surface area (Å²) in [5.41, 5.74) is 5.14. The lowest BCUT2D eigenvalue weighted by atomic mass is 9.85. The molecule has 0 aliphatic heterocycles. The highest BCUT2D eigenvalue weighted by molar-refractivity contribution is 6.23. The third-order valence-corrected chi connectivity index (χ3v) is 6.00. The maximum atomic E-state index is 2.34. The maximum absolute atomic E-state index is 2.34. The van der Waals surface area contributed by atoms with Crippen molar-refractivity contribution in [2.24, 2.45) is 0 Å². The van der Waals surface area contributed by atoms with Crippen LogP contribution < -0.4 is 0 Å². The van der Waals surface area contributed by atoms with Gasteiger partial charge in [-0.05, 0) is 66.7 Å². The van der Waals surface area contributed by atoms with Gasteiger partial charge in [-0.1, -0.05) is 109 Å².